The summed E-state index contributed by atoms with van der Waals surface area (Å²) in [7, 11) is 0. The first-order valence-electron chi connectivity index (χ1n) is 4.05. The third kappa shape index (κ3) is 1.44. The van der Waals surface area contributed by atoms with E-state index in [1.54, 1.807) is 18.3 Å². The van der Waals surface area contributed by atoms with Gasteiger partial charge in [-0.15, -0.1) is 0 Å². The molecule has 1 heterocycles. The van der Waals surface area contributed by atoms with Crippen LogP contribution < -0.4 is 0 Å². The second-order valence-corrected chi connectivity index (χ2v) is 3.41. The van der Waals surface area contributed by atoms with E-state index in [-0.39, 0.29) is 10.6 Å². The van der Waals surface area contributed by atoms with Crippen molar-refractivity contribution in [3.05, 3.63) is 45.6 Å². The average molecular weight is 211 g/mol. The molecule has 1 aromatic carbocycles. The summed E-state index contributed by atoms with van der Waals surface area (Å²) >= 11 is 5.75. The van der Waals surface area contributed by atoms with Crippen molar-refractivity contribution in [2.24, 2.45) is 0 Å². The fourth-order valence-corrected chi connectivity index (χ4v) is 1.64. The summed E-state index contributed by atoms with van der Waals surface area (Å²) < 4.78 is 1.46. The van der Waals surface area contributed by atoms with E-state index in [1.807, 2.05) is 6.07 Å². The molecule has 0 unspecified atom stereocenters. The maximum Gasteiger partial charge on any atom is 0.276 e. The van der Waals surface area contributed by atoms with E-state index in [1.165, 1.54) is 10.5 Å². The van der Waals surface area contributed by atoms with Crippen molar-refractivity contribution in [2.75, 3.05) is 0 Å². The lowest BCUT2D eigenvalue weighted by atomic mass is 10.0. The zero-order valence-corrected chi connectivity index (χ0v) is 7.94. The normalized spacial score (nSPS) is 13.9. The fourth-order valence-electron chi connectivity index (χ4n) is 1.46. The molecule has 72 valence electrons. The van der Waals surface area contributed by atoms with Crippen molar-refractivity contribution in [2.45, 2.75) is 6.54 Å². The maximum atomic E-state index is 10.7. The van der Waals surface area contributed by atoms with Crippen LogP contribution in [0, 0.1) is 10.1 Å². The predicted octanol–water partition coefficient (Wildman–Crippen LogP) is 2.53. The molecule has 0 radical (unpaired) electrons. The molecule has 0 amide bonds. The summed E-state index contributed by atoms with van der Waals surface area (Å²) in [6.07, 6.45) is 3.28. The van der Waals surface area contributed by atoms with Crippen LogP contribution in [0.2, 0.25) is 0 Å². The number of benzene rings is 1. The number of halogens is 1. The Labute approximate surface area is 85.7 Å². The summed E-state index contributed by atoms with van der Waals surface area (Å²) in [6, 6.07) is 5.00. The van der Waals surface area contributed by atoms with Crippen molar-refractivity contribution >= 4 is 23.5 Å². The van der Waals surface area contributed by atoms with Gasteiger partial charge in [0.1, 0.15) is 0 Å². The molecule has 0 fully saturated rings. The molecule has 1 aromatic rings. The first-order chi connectivity index (χ1) is 6.68. The van der Waals surface area contributed by atoms with Gasteiger partial charge in [0, 0.05) is 24.0 Å². The van der Waals surface area contributed by atoms with Gasteiger partial charge in [0.05, 0.1) is 17.0 Å². The van der Waals surface area contributed by atoms with E-state index in [9.17, 15) is 10.1 Å². The van der Waals surface area contributed by atoms with Crippen LogP contribution in [0.1, 0.15) is 11.1 Å². The highest BCUT2D eigenvalue weighted by atomic mass is 35.5. The highest BCUT2D eigenvalue weighted by molar-refractivity contribution is 6.14. The highest BCUT2D eigenvalue weighted by Gasteiger charge is 2.18. The van der Waals surface area contributed by atoms with Gasteiger partial charge in [-0.25, -0.2) is 0 Å². The topological polar surface area (TPSA) is 46.4 Å². The molecule has 2 rings (SSSR count). The van der Waals surface area contributed by atoms with Crippen molar-refractivity contribution in [3.8, 4) is 0 Å². The molecular formula is C9H7ClN2O2. The van der Waals surface area contributed by atoms with Gasteiger partial charge in [0.25, 0.3) is 5.69 Å². The van der Waals surface area contributed by atoms with E-state index >= 15 is 0 Å². The largest absolute Gasteiger partial charge is 0.288 e. The van der Waals surface area contributed by atoms with E-state index in [0.717, 1.165) is 5.56 Å². The summed E-state index contributed by atoms with van der Waals surface area (Å²) in [4.78, 5) is 10.3. The average Bonchev–Trinajstić information content (AvgIpc) is 2.16. The monoisotopic (exact) mass is 210 g/mol. The minimum Gasteiger partial charge on any atom is -0.288 e. The molecule has 0 aromatic heterocycles. The van der Waals surface area contributed by atoms with Gasteiger partial charge in [-0.3, -0.25) is 14.5 Å². The van der Waals surface area contributed by atoms with Crippen LogP contribution in [0.4, 0.5) is 5.69 Å². The summed E-state index contributed by atoms with van der Waals surface area (Å²) in [5.41, 5.74) is 1.65. The maximum absolute atomic E-state index is 10.7. The van der Waals surface area contributed by atoms with Crippen LogP contribution >= 0.6 is 11.8 Å². The second-order valence-electron chi connectivity index (χ2n) is 2.98. The van der Waals surface area contributed by atoms with Crippen LogP contribution in [0.3, 0.4) is 0 Å². The molecule has 0 bridgehead atoms. The lowest BCUT2D eigenvalue weighted by molar-refractivity contribution is -0.385. The van der Waals surface area contributed by atoms with Gasteiger partial charge in [0.2, 0.25) is 0 Å². The van der Waals surface area contributed by atoms with E-state index in [4.69, 9.17) is 11.8 Å². The molecule has 0 atom stereocenters. The van der Waals surface area contributed by atoms with Gasteiger partial charge in [-0.05, 0) is 11.6 Å². The quantitative estimate of drug-likeness (QED) is 0.407. The molecule has 0 spiro atoms. The van der Waals surface area contributed by atoms with E-state index < -0.39 is 0 Å². The molecule has 1 aliphatic heterocycles. The third-order valence-electron chi connectivity index (χ3n) is 2.09. The predicted molar refractivity (Wildman–Crippen MR) is 53.5 cm³/mol. The Hall–Kier alpha value is -1.55. The van der Waals surface area contributed by atoms with Gasteiger partial charge < -0.3 is 0 Å². The van der Waals surface area contributed by atoms with Crippen LogP contribution in [0.5, 0.6) is 0 Å². The standard InChI is InChI=1S/C9H7ClN2O2/c10-11-5-4-8-7(6-11)2-1-3-9(8)12(13)14/h1-5H,6H2. The first-order valence-corrected chi connectivity index (χ1v) is 4.39. The highest BCUT2D eigenvalue weighted by Crippen LogP contribution is 2.28. The molecule has 1 aliphatic rings. The molecule has 0 aliphatic carbocycles. The summed E-state index contributed by atoms with van der Waals surface area (Å²) in [5, 5.41) is 10.7. The third-order valence-corrected chi connectivity index (χ3v) is 2.33. The van der Waals surface area contributed by atoms with Crippen molar-refractivity contribution in [1.82, 2.24) is 4.42 Å². The second kappa shape index (κ2) is 3.31. The SMILES string of the molecule is O=[N+]([O-])c1cccc2c1C=CN(Cl)C2. The Balaban J connectivity index is 2.55. The zero-order chi connectivity index (χ0) is 10.1. The molecule has 4 nitrogen and oxygen atoms in total. The minimum atomic E-state index is -0.382. The summed E-state index contributed by atoms with van der Waals surface area (Å²) in [6.45, 7) is 0.495. The molecule has 0 saturated heterocycles. The van der Waals surface area contributed by atoms with Gasteiger partial charge >= 0.3 is 0 Å². The molecular weight excluding hydrogens is 204 g/mol. The zero-order valence-electron chi connectivity index (χ0n) is 7.18. The summed E-state index contributed by atoms with van der Waals surface area (Å²) in [5.74, 6) is 0. The fraction of sp³-hybridized carbons (Fsp3) is 0.111. The number of nitro benzene ring substituents is 1. The molecule has 0 saturated carbocycles. The lowest BCUT2D eigenvalue weighted by Crippen LogP contribution is -2.10. The van der Waals surface area contributed by atoms with Crippen molar-refractivity contribution < 1.29 is 4.92 Å². The first kappa shape index (κ1) is 9.02. The van der Waals surface area contributed by atoms with Crippen LogP contribution in [0.25, 0.3) is 6.08 Å². The van der Waals surface area contributed by atoms with Gasteiger partial charge in [-0.2, -0.15) is 0 Å². The Kier molecular flexibility index (Phi) is 2.13. The molecule has 0 N–H and O–H groups in total. The van der Waals surface area contributed by atoms with Crippen LogP contribution in [-0.2, 0) is 6.54 Å². The number of rotatable bonds is 1. The smallest absolute Gasteiger partial charge is 0.276 e. The Morgan fingerprint density at radius 3 is 3.00 bits per heavy atom. The minimum absolute atomic E-state index is 0.128. The Morgan fingerprint density at radius 2 is 2.29 bits per heavy atom. The van der Waals surface area contributed by atoms with Gasteiger partial charge in [0.15, 0.2) is 0 Å². The van der Waals surface area contributed by atoms with E-state index in [0.29, 0.717) is 12.1 Å². The molecule has 14 heavy (non-hydrogen) atoms. The number of hydrogen-bond donors (Lipinski definition) is 0. The number of fused-ring (bicyclic) bond motifs is 1. The van der Waals surface area contributed by atoms with E-state index in [2.05, 4.69) is 0 Å². The number of nitro groups is 1. The van der Waals surface area contributed by atoms with Gasteiger partial charge in [-0.1, -0.05) is 12.1 Å². The van der Waals surface area contributed by atoms with Crippen molar-refractivity contribution in [1.29, 1.82) is 0 Å². The number of nitrogens with zero attached hydrogens (tertiary/aromatic N) is 2. The van der Waals surface area contributed by atoms with Crippen molar-refractivity contribution in [3.63, 3.8) is 0 Å². The Morgan fingerprint density at radius 1 is 1.50 bits per heavy atom. The lowest BCUT2D eigenvalue weighted by Gasteiger charge is -2.17. The number of hydrogen-bond acceptors (Lipinski definition) is 3. The van der Waals surface area contributed by atoms with Crippen LogP contribution in [-0.4, -0.2) is 9.34 Å². The van der Waals surface area contributed by atoms with Crippen LogP contribution in [0.15, 0.2) is 24.4 Å². The Bertz CT molecular complexity index is 417. The molecule has 5 heteroatoms.